The van der Waals surface area contributed by atoms with Crippen molar-refractivity contribution < 1.29 is 23.9 Å². The maximum absolute atomic E-state index is 12.5. The summed E-state index contributed by atoms with van der Waals surface area (Å²) in [6.07, 6.45) is 0.149. The number of methoxy groups -OCH3 is 1. The minimum atomic E-state index is -0.488. The Labute approximate surface area is 164 Å². The van der Waals surface area contributed by atoms with Gasteiger partial charge < -0.3 is 14.4 Å². The first-order valence-electron chi connectivity index (χ1n) is 9.14. The van der Waals surface area contributed by atoms with E-state index >= 15 is 0 Å². The third-order valence-electron chi connectivity index (χ3n) is 4.82. The average Bonchev–Trinajstić information content (AvgIpc) is 3.07. The van der Waals surface area contributed by atoms with Gasteiger partial charge in [-0.2, -0.15) is 0 Å². The van der Waals surface area contributed by atoms with E-state index in [1.807, 2.05) is 30.3 Å². The maximum Gasteiger partial charge on any atom is 0.311 e. The topological polar surface area (TPSA) is 72.9 Å². The summed E-state index contributed by atoms with van der Waals surface area (Å²) in [5.74, 6) is -0.487. The molecule has 1 aliphatic rings. The summed E-state index contributed by atoms with van der Waals surface area (Å²) in [5.41, 5.74) is 2.17. The number of hydrogen-bond donors (Lipinski definition) is 0. The van der Waals surface area contributed by atoms with Crippen LogP contribution < -0.4 is 4.74 Å². The van der Waals surface area contributed by atoms with E-state index in [2.05, 4.69) is 0 Å². The number of hydrogen-bond acceptors (Lipinski definition) is 5. The van der Waals surface area contributed by atoms with Crippen molar-refractivity contribution in [3.8, 4) is 5.75 Å². The quantitative estimate of drug-likeness (QED) is 0.545. The van der Waals surface area contributed by atoms with Crippen molar-refractivity contribution in [2.75, 3.05) is 13.7 Å². The molecule has 0 unspecified atom stereocenters. The van der Waals surface area contributed by atoms with Crippen LogP contribution in [0.4, 0.5) is 0 Å². The second-order valence-corrected chi connectivity index (χ2v) is 6.85. The van der Waals surface area contributed by atoms with E-state index in [-0.39, 0.29) is 24.7 Å². The summed E-state index contributed by atoms with van der Waals surface area (Å²) < 4.78 is 10.7. The Bertz CT molecular complexity index is 878. The standard InChI is InChI=1S/C22H23NO5/c1-15(24)17-8-9-20(27-2)19(10-17)14-28-22(26)18-11-21(25)23(13-18)12-16-6-4-3-5-7-16/h3-10,18H,11-14H2,1-2H3/t18-/m1/s1. The average molecular weight is 381 g/mol. The Hall–Kier alpha value is -3.15. The van der Waals surface area contributed by atoms with E-state index < -0.39 is 11.9 Å². The lowest BCUT2D eigenvalue weighted by atomic mass is 10.1. The molecule has 1 aliphatic heterocycles. The van der Waals surface area contributed by atoms with Gasteiger partial charge in [-0.3, -0.25) is 14.4 Å². The number of likely N-dealkylation sites (tertiary alicyclic amines) is 1. The van der Waals surface area contributed by atoms with Crippen LogP contribution in [0.5, 0.6) is 5.75 Å². The van der Waals surface area contributed by atoms with Gasteiger partial charge in [0.15, 0.2) is 5.78 Å². The molecule has 1 saturated heterocycles. The first-order chi connectivity index (χ1) is 13.5. The van der Waals surface area contributed by atoms with E-state index in [0.29, 0.717) is 30.0 Å². The van der Waals surface area contributed by atoms with Crippen LogP contribution in [0.3, 0.4) is 0 Å². The van der Waals surface area contributed by atoms with E-state index in [1.54, 1.807) is 23.1 Å². The molecule has 6 nitrogen and oxygen atoms in total. The number of ether oxygens (including phenoxy) is 2. The molecule has 28 heavy (non-hydrogen) atoms. The van der Waals surface area contributed by atoms with Gasteiger partial charge in [0.05, 0.1) is 13.0 Å². The molecule has 0 spiro atoms. The first kappa shape index (κ1) is 19.6. The zero-order chi connectivity index (χ0) is 20.1. The fourth-order valence-electron chi connectivity index (χ4n) is 3.26. The number of rotatable bonds is 7. The highest BCUT2D eigenvalue weighted by molar-refractivity contribution is 5.94. The molecule has 1 heterocycles. The van der Waals surface area contributed by atoms with Crippen LogP contribution in [0.2, 0.25) is 0 Å². The molecule has 0 aliphatic carbocycles. The molecular formula is C22H23NO5. The van der Waals surface area contributed by atoms with E-state index in [0.717, 1.165) is 5.56 Å². The highest BCUT2D eigenvalue weighted by Crippen LogP contribution is 2.24. The van der Waals surface area contributed by atoms with Crippen LogP contribution in [0.15, 0.2) is 48.5 Å². The van der Waals surface area contributed by atoms with Crippen LogP contribution in [-0.2, 0) is 27.5 Å². The van der Waals surface area contributed by atoms with Crippen molar-refractivity contribution in [3.63, 3.8) is 0 Å². The van der Waals surface area contributed by atoms with Crippen molar-refractivity contribution in [3.05, 3.63) is 65.2 Å². The zero-order valence-corrected chi connectivity index (χ0v) is 16.0. The molecule has 2 aromatic carbocycles. The predicted octanol–water partition coefficient (Wildman–Crippen LogP) is 2.99. The molecule has 6 heteroatoms. The second kappa shape index (κ2) is 8.69. The number of carbonyl (C=O) groups is 3. The van der Waals surface area contributed by atoms with Crippen molar-refractivity contribution in [2.24, 2.45) is 5.92 Å². The van der Waals surface area contributed by atoms with Crippen molar-refractivity contribution in [1.29, 1.82) is 0 Å². The maximum atomic E-state index is 12.5. The summed E-state index contributed by atoms with van der Waals surface area (Å²) in [6.45, 7) is 2.30. The Balaban J connectivity index is 1.60. The van der Waals surface area contributed by atoms with Gasteiger partial charge in [0.2, 0.25) is 5.91 Å². The lowest BCUT2D eigenvalue weighted by Crippen LogP contribution is -2.26. The van der Waals surface area contributed by atoms with Gasteiger partial charge in [0.1, 0.15) is 12.4 Å². The van der Waals surface area contributed by atoms with Crippen molar-refractivity contribution in [2.45, 2.75) is 26.5 Å². The second-order valence-electron chi connectivity index (χ2n) is 6.85. The molecule has 0 bridgehead atoms. The van der Waals surface area contributed by atoms with Crippen LogP contribution >= 0.6 is 0 Å². The summed E-state index contributed by atoms with van der Waals surface area (Å²) in [6, 6.07) is 14.7. The number of ketones is 1. The highest BCUT2D eigenvalue weighted by Gasteiger charge is 2.35. The Kier molecular flexibility index (Phi) is 6.09. The summed E-state index contributed by atoms with van der Waals surface area (Å²) in [5, 5.41) is 0. The number of amides is 1. The fourth-order valence-corrected chi connectivity index (χ4v) is 3.26. The third-order valence-corrected chi connectivity index (χ3v) is 4.82. The molecule has 0 saturated carbocycles. The molecular weight excluding hydrogens is 358 g/mol. The fraction of sp³-hybridized carbons (Fsp3) is 0.318. The van der Waals surface area contributed by atoms with Gasteiger partial charge in [-0.25, -0.2) is 0 Å². The van der Waals surface area contributed by atoms with Crippen molar-refractivity contribution >= 4 is 17.7 Å². The predicted molar refractivity (Wildman–Crippen MR) is 103 cm³/mol. The number of esters is 1. The lowest BCUT2D eigenvalue weighted by Gasteiger charge is -2.16. The van der Waals surface area contributed by atoms with Crippen LogP contribution in [0.1, 0.15) is 34.8 Å². The Morgan fingerprint density at radius 2 is 1.89 bits per heavy atom. The first-order valence-corrected chi connectivity index (χ1v) is 9.14. The van der Waals surface area contributed by atoms with Crippen molar-refractivity contribution in [1.82, 2.24) is 4.90 Å². The van der Waals surface area contributed by atoms with Gasteiger partial charge in [-0.1, -0.05) is 30.3 Å². The number of Topliss-reactive ketones (excluding diaryl/α,β-unsaturated/α-hetero) is 1. The lowest BCUT2D eigenvalue weighted by molar-refractivity contribution is -0.149. The zero-order valence-electron chi connectivity index (χ0n) is 16.0. The Morgan fingerprint density at radius 1 is 1.14 bits per heavy atom. The molecule has 0 N–H and O–H groups in total. The molecule has 3 rings (SSSR count). The molecule has 0 aromatic heterocycles. The SMILES string of the molecule is COc1ccc(C(C)=O)cc1COC(=O)[C@@H]1CC(=O)N(Cc2ccccc2)C1. The number of nitrogens with zero attached hydrogens (tertiary/aromatic N) is 1. The van der Waals surface area contributed by atoms with E-state index in [9.17, 15) is 14.4 Å². The minimum Gasteiger partial charge on any atom is -0.496 e. The normalized spacial score (nSPS) is 16.1. The van der Waals surface area contributed by atoms with Crippen LogP contribution in [-0.4, -0.2) is 36.2 Å². The largest absolute Gasteiger partial charge is 0.496 e. The molecule has 146 valence electrons. The van der Waals surface area contributed by atoms with Gasteiger partial charge in [0.25, 0.3) is 0 Å². The summed E-state index contributed by atoms with van der Waals surface area (Å²) in [4.78, 5) is 38.0. The molecule has 2 aromatic rings. The van der Waals surface area contributed by atoms with Crippen LogP contribution in [0.25, 0.3) is 0 Å². The minimum absolute atomic E-state index is 0.00744. The van der Waals surface area contributed by atoms with Gasteiger partial charge in [-0.05, 0) is 30.7 Å². The summed E-state index contributed by atoms with van der Waals surface area (Å²) in [7, 11) is 1.52. The summed E-state index contributed by atoms with van der Waals surface area (Å²) >= 11 is 0. The molecule has 1 atom stereocenters. The monoisotopic (exact) mass is 381 g/mol. The number of benzene rings is 2. The Morgan fingerprint density at radius 3 is 2.57 bits per heavy atom. The van der Waals surface area contributed by atoms with E-state index in [4.69, 9.17) is 9.47 Å². The van der Waals surface area contributed by atoms with Gasteiger partial charge >= 0.3 is 5.97 Å². The number of carbonyl (C=O) groups excluding carboxylic acids is 3. The molecule has 1 amide bonds. The molecule has 0 radical (unpaired) electrons. The van der Waals surface area contributed by atoms with Gasteiger partial charge in [0, 0.05) is 30.6 Å². The highest BCUT2D eigenvalue weighted by atomic mass is 16.5. The third kappa shape index (κ3) is 4.57. The van der Waals surface area contributed by atoms with Crippen LogP contribution in [0, 0.1) is 5.92 Å². The van der Waals surface area contributed by atoms with Gasteiger partial charge in [-0.15, -0.1) is 0 Å². The molecule has 1 fully saturated rings. The smallest absolute Gasteiger partial charge is 0.311 e. The van der Waals surface area contributed by atoms with E-state index in [1.165, 1.54) is 14.0 Å².